The number of hydrogen-bond acceptors (Lipinski definition) is 2. The summed E-state index contributed by atoms with van der Waals surface area (Å²) >= 11 is 0. The lowest BCUT2D eigenvalue weighted by molar-refractivity contribution is -0.126. The molecular formula is C9H13F2NO. The van der Waals surface area contributed by atoms with E-state index in [0.29, 0.717) is 5.57 Å². The summed E-state index contributed by atoms with van der Waals surface area (Å²) in [4.78, 5) is 12.9. The van der Waals surface area contributed by atoms with Crippen LogP contribution in [0.4, 0.5) is 8.78 Å². The molecule has 0 heterocycles. The van der Waals surface area contributed by atoms with Crippen LogP contribution in [0.1, 0.15) is 19.3 Å². The molecule has 2 nitrogen and oxygen atoms in total. The lowest BCUT2D eigenvalue weighted by atomic mass is 9.91. The predicted molar refractivity (Wildman–Crippen MR) is 45.6 cm³/mol. The van der Waals surface area contributed by atoms with Crippen LogP contribution in [0.25, 0.3) is 0 Å². The monoisotopic (exact) mass is 189 g/mol. The molecule has 0 atom stereocenters. The number of alkyl halides is 2. The predicted octanol–water partition coefficient (Wildman–Crippen LogP) is 1.82. The van der Waals surface area contributed by atoms with E-state index in [-0.39, 0.29) is 12.8 Å². The highest BCUT2D eigenvalue weighted by atomic mass is 19.3. The summed E-state index contributed by atoms with van der Waals surface area (Å²) in [5, 5.41) is 0. The highest BCUT2D eigenvalue weighted by molar-refractivity contribution is 5.96. The molecule has 1 aliphatic rings. The Morgan fingerprint density at radius 1 is 1.46 bits per heavy atom. The molecule has 74 valence electrons. The molecule has 0 aliphatic heterocycles. The van der Waals surface area contributed by atoms with Crippen molar-refractivity contribution in [1.82, 2.24) is 4.90 Å². The van der Waals surface area contributed by atoms with E-state index in [1.807, 2.05) is 0 Å². The first-order valence-electron chi connectivity index (χ1n) is 4.19. The second-order valence-corrected chi connectivity index (χ2v) is 3.57. The molecule has 13 heavy (non-hydrogen) atoms. The number of carbonyl (C=O) groups is 1. The Labute approximate surface area is 76.2 Å². The number of allylic oxidation sites excluding steroid dienone is 1. The van der Waals surface area contributed by atoms with Crippen molar-refractivity contribution in [3.05, 3.63) is 11.8 Å². The van der Waals surface area contributed by atoms with Gasteiger partial charge in [-0.1, -0.05) is 0 Å². The van der Waals surface area contributed by atoms with Gasteiger partial charge in [0.1, 0.15) is 0 Å². The SMILES string of the molecule is CN(C)/C=C1/CCC(F)(F)CC1=O. The molecule has 1 aliphatic carbocycles. The van der Waals surface area contributed by atoms with Crippen molar-refractivity contribution in [1.29, 1.82) is 0 Å². The molecule has 1 saturated carbocycles. The quantitative estimate of drug-likeness (QED) is 0.586. The summed E-state index contributed by atoms with van der Waals surface area (Å²) in [7, 11) is 3.54. The zero-order valence-corrected chi connectivity index (χ0v) is 7.81. The average Bonchev–Trinajstić information content (AvgIpc) is 1.93. The van der Waals surface area contributed by atoms with Gasteiger partial charge in [-0.2, -0.15) is 0 Å². The topological polar surface area (TPSA) is 20.3 Å². The largest absolute Gasteiger partial charge is 0.383 e. The highest BCUT2D eigenvalue weighted by Gasteiger charge is 2.37. The van der Waals surface area contributed by atoms with Crippen LogP contribution < -0.4 is 0 Å². The summed E-state index contributed by atoms with van der Waals surface area (Å²) in [6, 6.07) is 0. The minimum Gasteiger partial charge on any atom is -0.383 e. The molecule has 0 aromatic heterocycles. The lowest BCUT2D eigenvalue weighted by Crippen LogP contribution is -2.28. The van der Waals surface area contributed by atoms with Crippen LogP contribution in [-0.4, -0.2) is 30.7 Å². The normalized spacial score (nSPS) is 24.9. The minimum absolute atomic E-state index is 0.185. The average molecular weight is 189 g/mol. The molecule has 0 aromatic carbocycles. The fourth-order valence-electron chi connectivity index (χ4n) is 1.34. The van der Waals surface area contributed by atoms with Crippen LogP contribution in [0.15, 0.2) is 11.8 Å². The van der Waals surface area contributed by atoms with Gasteiger partial charge in [-0.3, -0.25) is 4.79 Å². The van der Waals surface area contributed by atoms with Gasteiger partial charge in [0.2, 0.25) is 0 Å². The van der Waals surface area contributed by atoms with Crippen LogP contribution in [-0.2, 0) is 4.79 Å². The standard InChI is InChI=1S/C9H13F2NO/c1-12(2)6-7-3-4-9(10,11)5-8(7)13/h6H,3-5H2,1-2H3/b7-6-. The van der Waals surface area contributed by atoms with Gasteiger partial charge in [-0.05, 0) is 6.42 Å². The van der Waals surface area contributed by atoms with Crippen LogP contribution >= 0.6 is 0 Å². The van der Waals surface area contributed by atoms with Gasteiger partial charge in [-0.25, -0.2) is 8.78 Å². The van der Waals surface area contributed by atoms with Gasteiger partial charge in [0.05, 0.1) is 6.42 Å². The molecule has 0 radical (unpaired) electrons. The Balaban J connectivity index is 2.70. The van der Waals surface area contributed by atoms with E-state index in [4.69, 9.17) is 0 Å². The Hall–Kier alpha value is -0.930. The van der Waals surface area contributed by atoms with Gasteiger partial charge < -0.3 is 4.90 Å². The minimum atomic E-state index is -2.79. The van der Waals surface area contributed by atoms with Gasteiger partial charge >= 0.3 is 0 Å². The van der Waals surface area contributed by atoms with Crippen LogP contribution in [0, 0.1) is 0 Å². The second kappa shape index (κ2) is 3.44. The molecule has 1 rings (SSSR count). The summed E-state index contributed by atoms with van der Waals surface area (Å²) in [6.07, 6.45) is 0.965. The van der Waals surface area contributed by atoms with Gasteiger partial charge in [-0.15, -0.1) is 0 Å². The summed E-state index contributed by atoms with van der Waals surface area (Å²) < 4.78 is 25.4. The van der Waals surface area contributed by atoms with E-state index in [1.54, 1.807) is 25.2 Å². The number of nitrogens with zero attached hydrogens (tertiary/aromatic N) is 1. The van der Waals surface area contributed by atoms with Crippen molar-refractivity contribution < 1.29 is 13.6 Å². The van der Waals surface area contributed by atoms with Crippen molar-refractivity contribution in [2.24, 2.45) is 0 Å². The van der Waals surface area contributed by atoms with Gasteiger partial charge in [0.15, 0.2) is 5.78 Å². The van der Waals surface area contributed by atoms with Crippen molar-refractivity contribution in [2.45, 2.75) is 25.2 Å². The Kier molecular flexibility index (Phi) is 2.68. The van der Waals surface area contributed by atoms with E-state index in [2.05, 4.69) is 0 Å². The van der Waals surface area contributed by atoms with Crippen LogP contribution in [0.2, 0.25) is 0 Å². The first kappa shape index (κ1) is 10.2. The molecule has 0 bridgehead atoms. The first-order valence-corrected chi connectivity index (χ1v) is 4.19. The maximum Gasteiger partial charge on any atom is 0.255 e. The molecule has 0 unspecified atom stereocenters. The maximum atomic E-state index is 12.7. The smallest absolute Gasteiger partial charge is 0.255 e. The third-order valence-corrected chi connectivity index (χ3v) is 1.95. The van der Waals surface area contributed by atoms with Crippen LogP contribution in [0.5, 0.6) is 0 Å². The molecule has 1 fully saturated rings. The Bertz CT molecular complexity index is 246. The fourth-order valence-corrected chi connectivity index (χ4v) is 1.34. The molecule has 0 saturated heterocycles. The summed E-state index contributed by atoms with van der Waals surface area (Å²) in [5.41, 5.74) is 0.510. The van der Waals surface area contributed by atoms with E-state index in [9.17, 15) is 13.6 Å². The second-order valence-electron chi connectivity index (χ2n) is 3.57. The number of rotatable bonds is 1. The molecular weight excluding hydrogens is 176 g/mol. The molecule has 0 N–H and O–H groups in total. The lowest BCUT2D eigenvalue weighted by Gasteiger charge is -2.23. The number of ketones is 1. The van der Waals surface area contributed by atoms with Gasteiger partial charge in [0, 0.05) is 32.3 Å². The third-order valence-electron chi connectivity index (χ3n) is 1.95. The van der Waals surface area contributed by atoms with Crippen LogP contribution in [0.3, 0.4) is 0 Å². The summed E-state index contributed by atoms with van der Waals surface area (Å²) in [5.74, 6) is -3.22. The van der Waals surface area contributed by atoms with Crippen molar-refractivity contribution in [3.8, 4) is 0 Å². The van der Waals surface area contributed by atoms with Gasteiger partial charge in [0.25, 0.3) is 5.92 Å². The Morgan fingerprint density at radius 2 is 2.08 bits per heavy atom. The number of halogens is 2. The number of hydrogen-bond donors (Lipinski definition) is 0. The van der Waals surface area contributed by atoms with E-state index >= 15 is 0 Å². The van der Waals surface area contributed by atoms with Crippen molar-refractivity contribution in [3.63, 3.8) is 0 Å². The van der Waals surface area contributed by atoms with E-state index in [1.165, 1.54) is 0 Å². The van der Waals surface area contributed by atoms with E-state index in [0.717, 1.165) is 0 Å². The molecule has 4 heteroatoms. The number of carbonyl (C=O) groups excluding carboxylic acids is 1. The van der Waals surface area contributed by atoms with Crippen molar-refractivity contribution >= 4 is 5.78 Å². The zero-order valence-electron chi connectivity index (χ0n) is 7.81. The third kappa shape index (κ3) is 2.79. The molecule has 0 spiro atoms. The fraction of sp³-hybridized carbons (Fsp3) is 0.667. The number of Topliss-reactive ketones (excluding diaryl/α,β-unsaturated/α-hetero) is 1. The molecule has 0 amide bonds. The maximum absolute atomic E-state index is 12.7. The first-order chi connectivity index (χ1) is 5.91. The highest BCUT2D eigenvalue weighted by Crippen LogP contribution is 2.33. The van der Waals surface area contributed by atoms with E-state index < -0.39 is 18.1 Å². The molecule has 0 aromatic rings. The zero-order chi connectivity index (χ0) is 10.1. The summed E-state index contributed by atoms with van der Waals surface area (Å²) in [6.45, 7) is 0. The van der Waals surface area contributed by atoms with Crippen molar-refractivity contribution in [2.75, 3.05) is 14.1 Å². The Morgan fingerprint density at radius 3 is 2.54 bits per heavy atom.